The van der Waals surface area contributed by atoms with E-state index in [9.17, 15) is 13.2 Å². The van der Waals surface area contributed by atoms with Gasteiger partial charge in [-0.15, -0.1) is 0 Å². The summed E-state index contributed by atoms with van der Waals surface area (Å²) in [6, 6.07) is 12.3. The van der Waals surface area contributed by atoms with Crippen LogP contribution in [0.1, 0.15) is 18.1 Å². The number of nitrogens with two attached hydrogens (primary N) is 1. The summed E-state index contributed by atoms with van der Waals surface area (Å²) >= 11 is 0. The summed E-state index contributed by atoms with van der Waals surface area (Å²) in [4.78, 5) is 13.5. The lowest BCUT2D eigenvalue weighted by molar-refractivity contribution is -0.116. The molecule has 0 bridgehead atoms. The van der Waals surface area contributed by atoms with Gasteiger partial charge in [-0.2, -0.15) is 0 Å². The Balaban J connectivity index is 1.68. The zero-order valence-electron chi connectivity index (χ0n) is 14.0. The number of hydrogen-bond donors (Lipinski definition) is 2. The van der Waals surface area contributed by atoms with E-state index >= 15 is 0 Å². The van der Waals surface area contributed by atoms with E-state index in [4.69, 9.17) is 5.73 Å². The summed E-state index contributed by atoms with van der Waals surface area (Å²) in [7, 11) is -3.58. The quantitative estimate of drug-likeness (QED) is 0.795. The van der Waals surface area contributed by atoms with Gasteiger partial charge >= 0.3 is 0 Å². The summed E-state index contributed by atoms with van der Waals surface area (Å²) in [5.41, 5.74) is 9.02. The van der Waals surface area contributed by atoms with Crippen molar-refractivity contribution in [2.75, 3.05) is 23.7 Å². The topological polar surface area (TPSA) is 92.5 Å². The highest BCUT2D eigenvalue weighted by Gasteiger charge is 2.24. The van der Waals surface area contributed by atoms with E-state index in [0.29, 0.717) is 31.6 Å². The smallest absolute Gasteiger partial charge is 0.240 e. The van der Waals surface area contributed by atoms with Gasteiger partial charge in [0.2, 0.25) is 15.9 Å². The zero-order chi connectivity index (χ0) is 18.0. The fourth-order valence-corrected chi connectivity index (χ4v) is 4.05. The minimum atomic E-state index is -3.58. The number of nitrogens with zero attached hydrogens (tertiary/aromatic N) is 1. The van der Waals surface area contributed by atoms with Gasteiger partial charge in [0.25, 0.3) is 0 Å². The molecule has 3 rings (SSSR count). The molecule has 0 saturated carbocycles. The summed E-state index contributed by atoms with van der Waals surface area (Å²) in [6.07, 6.45) is 1.26. The Morgan fingerprint density at radius 1 is 1.20 bits per heavy atom. The van der Waals surface area contributed by atoms with Crippen LogP contribution in [0.4, 0.5) is 11.4 Å². The Labute approximate surface area is 147 Å². The number of hydrogen-bond acceptors (Lipinski definition) is 4. The summed E-state index contributed by atoms with van der Waals surface area (Å²) in [5, 5.41) is 0. The Morgan fingerprint density at radius 2 is 1.92 bits per heavy atom. The number of fused-ring (bicyclic) bond motifs is 1. The van der Waals surface area contributed by atoms with Gasteiger partial charge in [-0.1, -0.05) is 12.1 Å². The molecule has 1 aliphatic heterocycles. The van der Waals surface area contributed by atoms with Crippen LogP contribution in [0.25, 0.3) is 0 Å². The Morgan fingerprint density at radius 3 is 2.60 bits per heavy atom. The molecule has 0 spiro atoms. The molecule has 132 valence electrons. The molecule has 1 amide bonds. The van der Waals surface area contributed by atoms with E-state index in [-0.39, 0.29) is 10.8 Å². The summed E-state index contributed by atoms with van der Waals surface area (Å²) < 4.78 is 27.6. The van der Waals surface area contributed by atoms with Gasteiger partial charge in [-0.25, -0.2) is 13.1 Å². The normalized spacial score (nSPS) is 13.7. The van der Waals surface area contributed by atoms with Crippen molar-refractivity contribution < 1.29 is 13.2 Å². The lowest BCUT2D eigenvalue weighted by atomic mass is 10.1. The maximum absolute atomic E-state index is 12.5. The molecule has 6 nitrogen and oxygen atoms in total. The maximum Gasteiger partial charge on any atom is 0.240 e. The third-order valence-electron chi connectivity index (χ3n) is 4.32. The molecule has 3 N–H and O–H groups in total. The van der Waals surface area contributed by atoms with Crippen molar-refractivity contribution in [2.45, 2.75) is 24.7 Å². The fraction of sp³-hybridized carbons (Fsp3) is 0.278. The van der Waals surface area contributed by atoms with Crippen LogP contribution in [0.5, 0.6) is 0 Å². The Bertz CT molecular complexity index is 892. The first-order valence-electron chi connectivity index (χ1n) is 8.12. The van der Waals surface area contributed by atoms with Crippen LogP contribution in [0.15, 0.2) is 47.4 Å². The van der Waals surface area contributed by atoms with Crippen LogP contribution in [-0.4, -0.2) is 27.4 Å². The van der Waals surface area contributed by atoms with Gasteiger partial charge < -0.3 is 10.6 Å². The minimum absolute atomic E-state index is 0.0315. The molecule has 0 radical (unpaired) electrons. The van der Waals surface area contributed by atoms with Crippen molar-refractivity contribution >= 4 is 27.3 Å². The van der Waals surface area contributed by atoms with Gasteiger partial charge in [0, 0.05) is 31.4 Å². The molecule has 0 unspecified atom stereocenters. The summed E-state index contributed by atoms with van der Waals surface area (Å²) in [5.74, 6) is -0.0315. The summed E-state index contributed by atoms with van der Waals surface area (Å²) in [6.45, 7) is 2.42. The first-order valence-corrected chi connectivity index (χ1v) is 9.60. The molecule has 1 heterocycles. The highest BCUT2D eigenvalue weighted by Crippen LogP contribution is 2.30. The van der Waals surface area contributed by atoms with Crippen molar-refractivity contribution in [3.8, 4) is 0 Å². The van der Waals surface area contributed by atoms with Crippen LogP contribution >= 0.6 is 0 Å². The lowest BCUT2D eigenvalue weighted by Gasteiger charge is -2.15. The van der Waals surface area contributed by atoms with E-state index < -0.39 is 10.0 Å². The van der Waals surface area contributed by atoms with Gasteiger partial charge in [-0.3, -0.25) is 4.79 Å². The van der Waals surface area contributed by atoms with Crippen LogP contribution in [-0.2, 0) is 27.7 Å². The molecule has 0 saturated heterocycles. The number of carbonyl (C=O) groups is 1. The van der Waals surface area contributed by atoms with Gasteiger partial charge in [0.1, 0.15) is 0 Å². The number of benzene rings is 2. The second kappa shape index (κ2) is 6.85. The molecule has 0 atom stereocenters. The fourth-order valence-electron chi connectivity index (χ4n) is 2.97. The van der Waals surface area contributed by atoms with E-state index in [1.54, 1.807) is 35.2 Å². The Kier molecular flexibility index (Phi) is 4.78. The highest BCUT2D eigenvalue weighted by molar-refractivity contribution is 7.89. The molecule has 1 aliphatic rings. The van der Waals surface area contributed by atoms with Crippen molar-refractivity contribution in [2.24, 2.45) is 0 Å². The maximum atomic E-state index is 12.5. The van der Waals surface area contributed by atoms with E-state index in [2.05, 4.69) is 4.72 Å². The monoisotopic (exact) mass is 359 g/mol. The largest absolute Gasteiger partial charge is 0.399 e. The van der Waals surface area contributed by atoms with Crippen molar-refractivity contribution in [3.63, 3.8) is 0 Å². The zero-order valence-corrected chi connectivity index (χ0v) is 14.8. The van der Waals surface area contributed by atoms with E-state index in [1.807, 2.05) is 12.1 Å². The van der Waals surface area contributed by atoms with Crippen LogP contribution in [0, 0.1) is 0 Å². The molecule has 0 aliphatic carbocycles. The van der Waals surface area contributed by atoms with Crippen molar-refractivity contribution in [1.82, 2.24) is 4.72 Å². The predicted molar refractivity (Wildman–Crippen MR) is 97.9 cm³/mol. The van der Waals surface area contributed by atoms with Gasteiger partial charge in [0.15, 0.2) is 0 Å². The Hall–Kier alpha value is -2.38. The predicted octanol–water partition coefficient (Wildman–Crippen LogP) is 1.70. The molecule has 2 aromatic rings. The van der Waals surface area contributed by atoms with Gasteiger partial charge in [-0.05, 0) is 54.3 Å². The van der Waals surface area contributed by atoms with Gasteiger partial charge in [0.05, 0.1) is 4.90 Å². The van der Waals surface area contributed by atoms with Crippen LogP contribution in [0.2, 0.25) is 0 Å². The first-order chi connectivity index (χ1) is 11.9. The molecule has 2 aromatic carbocycles. The standard InChI is InChI=1S/C18H21N3O3S/c1-13(22)21-11-9-15-12-17(6-7-18(15)21)25(23,24)20-10-8-14-2-4-16(19)5-3-14/h2-7,12,20H,8-11,19H2,1H3. The average Bonchev–Trinajstić information content (AvgIpc) is 3.00. The molecular formula is C18H21N3O3S. The lowest BCUT2D eigenvalue weighted by Crippen LogP contribution is -2.26. The number of nitrogen functional groups attached to an aromatic ring is 1. The number of rotatable bonds is 5. The number of amides is 1. The number of sulfonamides is 1. The molecular weight excluding hydrogens is 338 g/mol. The second-order valence-electron chi connectivity index (χ2n) is 6.10. The minimum Gasteiger partial charge on any atom is -0.399 e. The highest BCUT2D eigenvalue weighted by atomic mass is 32.2. The van der Waals surface area contributed by atoms with E-state index in [1.165, 1.54) is 6.92 Å². The molecule has 7 heteroatoms. The molecule has 0 aromatic heterocycles. The average molecular weight is 359 g/mol. The first kappa shape index (κ1) is 17.4. The number of anilines is 2. The molecule has 0 fully saturated rings. The second-order valence-corrected chi connectivity index (χ2v) is 7.87. The third-order valence-corrected chi connectivity index (χ3v) is 5.78. The third kappa shape index (κ3) is 3.83. The van der Waals surface area contributed by atoms with E-state index in [0.717, 1.165) is 16.8 Å². The van der Waals surface area contributed by atoms with Crippen LogP contribution in [0.3, 0.4) is 0 Å². The van der Waals surface area contributed by atoms with Crippen LogP contribution < -0.4 is 15.4 Å². The van der Waals surface area contributed by atoms with Crippen molar-refractivity contribution in [3.05, 3.63) is 53.6 Å². The molecule has 25 heavy (non-hydrogen) atoms. The van der Waals surface area contributed by atoms with Crippen molar-refractivity contribution in [1.29, 1.82) is 0 Å². The number of nitrogens with one attached hydrogen (secondary N) is 1. The SMILES string of the molecule is CC(=O)N1CCc2cc(S(=O)(=O)NCCc3ccc(N)cc3)ccc21. The number of carbonyl (C=O) groups excluding carboxylic acids is 1.